The van der Waals surface area contributed by atoms with Crippen LogP contribution < -0.4 is 10.1 Å². The molecule has 130 valence electrons. The smallest absolute Gasteiger partial charge is 0.311 e. The molecule has 2 heterocycles. The Bertz CT molecular complexity index is 916. The molecule has 1 aromatic carbocycles. The Morgan fingerprint density at radius 1 is 1.32 bits per heavy atom. The highest BCUT2D eigenvalue weighted by atomic mass is 32.1. The van der Waals surface area contributed by atoms with Crippen LogP contribution in [0.5, 0.6) is 5.75 Å². The van der Waals surface area contributed by atoms with Gasteiger partial charge in [0, 0.05) is 22.3 Å². The lowest BCUT2D eigenvalue weighted by Gasteiger charge is -2.01. The van der Waals surface area contributed by atoms with Crippen LogP contribution in [0.3, 0.4) is 0 Å². The van der Waals surface area contributed by atoms with Crippen molar-refractivity contribution in [1.29, 1.82) is 0 Å². The van der Waals surface area contributed by atoms with Crippen LogP contribution in [-0.4, -0.2) is 35.6 Å². The third-order valence-corrected chi connectivity index (χ3v) is 4.28. The minimum absolute atomic E-state index is 0.0788. The van der Waals surface area contributed by atoms with Crippen LogP contribution in [0.4, 0.5) is 5.13 Å². The molecule has 25 heavy (non-hydrogen) atoms. The zero-order chi connectivity index (χ0) is 17.8. The Hall–Kier alpha value is -2.87. The minimum atomic E-state index is -0.371. The molecular formula is C17H17N3O4S. The van der Waals surface area contributed by atoms with Gasteiger partial charge in [0.1, 0.15) is 11.4 Å². The van der Waals surface area contributed by atoms with E-state index >= 15 is 0 Å². The summed E-state index contributed by atoms with van der Waals surface area (Å²) in [6, 6.07) is 7.38. The Morgan fingerprint density at radius 2 is 2.16 bits per heavy atom. The van der Waals surface area contributed by atoms with Crippen LogP contribution in [0.1, 0.15) is 23.1 Å². The van der Waals surface area contributed by atoms with Crippen LogP contribution in [0.2, 0.25) is 0 Å². The summed E-state index contributed by atoms with van der Waals surface area (Å²) in [6.07, 6.45) is 0.0788. The third kappa shape index (κ3) is 3.97. The van der Waals surface area contributed by atoms with E-state index in [1.807, 2.05) is 25.1 Å². The monoisotopic (exact) mass is 359 g/mol. The predicted octanol–water partition coefficient (Wildman–Crippen LogP) is 2.99. The van der Waals surface area contributed by atoms with Gasteiger partial charge in [0.15, 0.2) is 5.13 Å². The van der Waals surface area contributed by atoms with Crippen LogP contribution >= 0.6 is 11.3 Å². The maximum atomic E-state index is 12.4. The van der Waals surface area contributed by atoms with E-state index in [1.165, 1.54) is 18.4 Å². The molecule has 0 fully saturated rings. The van der Waals surface area contributed by atoms with Gasteiger partial charge >= 0.3 is 5.97 Å². The van der Waals surface area contributed by atoms with Crippen molar-refractivity contribution in [3.8, 4) is 5.75 Å². The second-order valence-corrected chi connectivity index (χ2v) is 6.07. The number of amides is 1. The van der Waals surface area contributed by atoms with Crippen LogP contribution in [0, 0.1) is 0 Å². The Morgan fingerprint density at radius 3 is 2.92 bits per heavy atom. The molecule has 0 radical (unpaired) electrons. The van der Waals surface area contributed by atoms with E-state index in [0.29, 0.717) is 23.1 Å². The molecule has 7 nitrogen and oxygen atoms in total. The van der Waals surface area contributed by atoms with Crippen molar-refractivity contribution in [3.63, 3.8) is 0 Å². The molecule has 2 aromatic heterocycles. The molecular weight excluding hydrogens is 342 g/mol. The molecule has 0 aliphatic carbocycles. The van der Waals surface area contributed by atoms with Crippen molar-refractivity contribution >= 4 is 39.2 Å². The maximum Gasteiger partial charge on any atom is 0.311 e. The van der Waals surface area contributed by atoms with E-state index in [9.17, 15) is 9.59 Å². The fourth-order valence-corrected chi connectivity index (χ4v) is 3.02. The number of esters is 1. The number of hydrogen-bond acceptors (Lipinski definition) is 6. The Kier molecular flexibility index (Phi) is 4.99. The number of benzene rings is 1. The second kappa shape index (κ2) is 7.35. The number of hydrogen-bond donors (Lipinski definition) is 2. The van der Waals surface area contributed by atoms with E-state index in [-0.39, 0.29) is 18.3 Å². The number of fused-ring (bicyclic) bond motifs is 1. The number of H-pyrrole nitrogens is 1. The van der Waals surface area contributed by atoms with E-state index in [2.05, 4.69) is 20.0 Å². The summed E-state index contributed by atoms with van der Waals surface area (Å²) in [5.74, 6) is 0.0770. The molecule has 3 rings (SSSR count). The third-order valence-electron chi connectivity index (χ3n) is 3.47. The SMILES string of the molecule is CCOc1ccc2cc(C(=O)Nc3nc(CC(=O)OC)cs3)[nH]c2c1. The largest absolute Gasteiger partial charge is 0.494 e. The van der Waals surface area contributed by atoms with E-state index in [1.54, 1.807) is 11.4 Å². The average Bonchev–Trinajstić information content (AvgIpc) is 3.21. The Balaban J connectivity index is 1.72. The standard InChI is InChI=1S/C17H17N3O4S/c1-3-24-12-5-4-10-6-14(19-13(10)8-12)16(22)20-17-18-11(9-25-17)7-15(21)23-2/h4-6,8-9,19H,3,7H2,1-2H3,(H,18,20,22). The zero-order valence-electron chi connectivity index (χ0n) is 13.8. The summed E-state index contributed by atoms with van der Waals surface area (Å²) in [5, 5.41) is 5.78. The molecule has 0 saturated heterocycles. The Labute approximate surface area is 148 Å². The summed E-state index contributed by atoms with van der Waals surface area (Å²) in [5.41, 5.74) is 1.81. The van der Waals surface area contributed by atoms with Crippen LogP contribution in [0.25, 0.3) is 10.9 Å². The van der Waals surface area contributed by atoms with Gasteiger partial charge in [-0.2, -0.15) is 0 Å². The number of carbonyl (C=O) groups is 2. The van der Waals surface area contributed by atoms with Crippen molar-refractivity contribution in [2.45, 2.75) is 13.3 Å². The first-order chi connectivity index (χ1) is 12.1. The highest BCUT2D eigenvalue weighted by Gasteiger charge is 2.13. The van der Waals surface area contributed by atoms with Crippen LogP contribution in [0.15, 0.2) is 29.6 Å². The average molecular weight is 359 g/mol. The molecule has 0 bridgehead atoms. The molecule has 0 unspecified atom stereocenters. The maximum absolute atomic E-state index is 12.4. The first-order valence-electron chi connectivity index (χ1n) is 7.67. The number of carbonyl (C=O) groups excluding carboxylic acids is 2. The molecule has 8 heteroatoms. The lowest BCUT2D eigenvalue weighted by atomic mass is 10.2. The second-order valence-electron chi connectivity index (χ2n) is 5.22. The molecule has 0 aliphatic heterocycles. The lowest BCUT2D eigenvalue weighted by Crippen LogP contribution is -2.12. The van der Waals surface area contributed by atoms with Gasteiger partial charge < -0.3 is 14.5 Å². The van der Waals surface area contributed by atoms with Gasteiger partial charge in [-0.3, -0.25) is 14.9 Å². The molecule has 0 atom stereocenters. The fraction of sp³-hybridized carbons (Fsp3) is 0.235. The molecule has 0 spiro atoms. The van der Waals surface area contributed by atoms with Crippen molar-refractivity contribution in [1.82, 2.24) is 9.97 Å². The normalized spacial score (nSPS) is 10.6. The summed E-state index contributed by atoms with van der Waals surface area (Å²) in [7, 11) is 1.32. The van der Waals surface area contributed by atoms with Gasteiger partial charge in [-0.05, 0) is 25.1 Å². The summed E-state index contributed by atoms with van der Waals surface area (Å²) < 4.78 is 10.1. The van der Waals surface area contributed by atoms with Gasteiger partial charge in [0.25, 0.3) is 5.91 Å². The highest BCUT2D eigenvalue weighted by Crippen LogP contribution is 2.23. The molecule has 0 saturated carbocycles. The highest BCUT2D eigenvalue weighted by molar-refractivity contribution is 7.14. The van der Waals surface area contributed by atoms with E-state index < -0.39 is 0 Å². The quantitative estimate of drug-likeness (QED) is 0.660. The minimum Gasteiger partial charge on any atom is -0.494 e. The number of nitrogens with one attached hydrogen (secondary N) is 2. The van der Waals surface area contributed by atoms with Gasteiger partial charge in [-0.25, -0.2) is 4.98 Å². The molecule has 2 N–H and O–H groups in total. The fourth-order valence-electron chi connectivity index (χ4n) is 2.32. The number of nitrogens with zero attached hydrogens (tertiary/aromatic N) is 1. The molecule has 3 aromatic rings. The van der Waals surface area contributed by atoms with Crippen molar-refractivity contribution in [3.05, 3.63) is 41.0 Å². The molecule has 0 aliphatic rings. The summed E-state index contributed by atoms with van der Waals surface area (Å²) in [4.78, 5) is 30.9. The first kappa shape index (κ1) is 17.0. The molecule has 1 amide bonds. The predicted molar refractivity (Wildman–Crippen MR) is 95.3 cm³/mol. The number of aromatic nitrogens is 2. The summed E-state index contributed by atoms with van der Waals surface area (Å²) >= 11 is 1.26. The number of methoxy groups -OCH3 is 1. The first-order valence-corrected chi connectivity index (χ1v) is 8.55. The number of aromatic amines is 1. The number of rotatable bonds is 6. The zero-order valence-corrected chi connectivity index (χ0v) is 14.6. The summed E-state index contributed by atoms with van der Waals surface area (Å²) in [6.45, 7) is 2.50. The van der Waals surface area contributed by atoms with Gasteiger partial charge in [0.2, 0.25) is 0 Å². The van der Waals surface area contributed by atoms with Gasteiger partial charge in [0.05, 0.1) is 25.8 Å². The van der Waals surface area contributed by atoms with Gasteiger partial charge in [-0.1, -0.05) is 0 Å². The van der Waals surface area contributed by atoms with Crippen molar-refractivity contribution < 1.29 is 19.1 Å². The van der Waals surface area contributed by atoms with Crippen LogP contribution in [-0.2, 0) is 16.0 Å². The van der Waals surface area contributed by atoms with Gasteiger partial charge in [-0.15, -0.1) is 11.3 Å². The topological polar surface area (TPSA) is 93.3 Å². The number of ether oxygens (including phenoxy) is 2. The number of thiazole rings is 1. The van der Waals surface area contributed by atoms with E-state index in [0.717, 1.165) is 16.7 Å². The number of anilines is 1. The van der Waals surface area contributed by atoms with Crippen molar-refractivity contribution in [2.24, 2.45) is 0 Å². The van der Waals surface area contributed by atoms with Crippen molar-refractivity contribution in [2.75, 3.05) is 19.0 Å². The lowest BCUT2D eigenvalue weighted by molar-refractivity contribution is -0.139. The van der Waals surface area contributed by atoms with E-state index in [4.69, 9.17) is 4.74 Å².